The molecule has 0 aliphatic carbocycles. The maximum Gasteiger partial charge on any atom is 0.0667 e. The molecule has 46 valence electrons. The second kappa shape index (κ2) is 5.15. The standard InChI is InChI=1S/C6H10IN/c1-3-4-6(2)8-5-7/h3-4,8H,1,5H2,2H3/b6-4+. The van der Waals surface area contributed by atoms with Crippen molar-refractivity contribution in [1.29, 1.82) is 0 Å². The largest absolute Gasteiger partial charge is 0.380 e. The second-order valence-corrected chi connectivity index (χ2v) is 2.16. The molecule has 8 heavy (non-hydrogen) atoms. The zero-order valence-electron chi connectivity index (χ0n) is 4.95. The first kappa shape index (κ1) is 8.01. The summed E-state index contributed by atoms with van der Waals surface area (Å²) in [6.45, 7) is 5.58. The maximum atomic E-state index is 3.56. The van der Waals surface area contributed by atoms with Gasteiger partial charge >= 0.3 is 0 Å². The highest BCUT2D eigenvalue weighted by atomic mass is 127. The fraction of sp³-hybridized carbons (Fsp3) is 0.333. The predicted molar refractivity (Wildman–Crippen MR) is 46.0 cm³/mol. The first-order chi connectivity index (χ1) is 3.81. The molecule has 0 unspecified atom stereocenters. The second-order valence-electron chi connectivity index (χ2n) is 1.40. The molecular formula is C6H10IN. The summed E-state index contributed by atoms with van der Waals surface area (Å²) in [5.41, 5.74) is 1.16. The normalized spacial score (nSPS) is 11.0. The summed E-state index contributed by atoms with van der Waals surface area (Å²) in [6.07, 6.45) is 3.72. The molecule has 0 heterocycles. The van der Waals surface area contributed by atoms with Crippen molar-refractivity contribution in [2.45, 2.75) is 6.92 Å². The molecule has 0 rings (SSSR count). The van der Waals surface area contributed by atoms with Crippen molar-refractivity contribution in [2.24, 2.45) is 0 Å². The zero-order chi connectivity index (χ0) is 6.41. The quantitative estimate of drug-likeness (QED) is 0.334. The molecule has 0 aromatic carbocycles. The molecule has 0 aromatic heterocycles. The molecule has 0 fully saturated rings. The van der Waals surface area contributed by atoms with Crippen LogP contribution in [0.5, 0.6) is 0 Å². The molecule has 0 aromatic rings. The SMILES string of the molecule is C=C/C=C(\C)NCI. The topological polar surface area (TPSA) is 12.0 Å². The van der Waals surface area contributed by atoms with Gasteiger partial charge < -0.3 is 5.32 Å². The molecule has 0 radical (unpaired) electrons. The molecule has 0 bridgehead atoms. The molecule has 0 saturated carbocycles. The minimum atomic E-state index is 0.952. The molecule has 2 heteroatoms. The van der Waals surface area contributed by atoms with Crippen molar-refractivity contribution in [3.8, 4) is 0 Å². The Bertz CT molecular complexity index is 96.7. The van der Waals surface area contributed by atoms with Crippen LogP contribution >= 0.6 is 22.6 Å². The van der Waals surface area contributed by atoms with E-state index in [0.717, 1.165) is 10.2 Å². The van der Waals surface area contributed by atoms with Gasteiger partial charge in [-0.3, -0.25) is 0 Å². The van der Waals surface area contributed by atoms with Crippen molar-refractivity contribution in [3.63, 3.8) is 0 Å². The van der Waals surface area contributed by atoms with Crippen molar-refractivity contribution in [3.05, 3.63) is 24.4 Å². The van der Waals surface area contributed by atoms with Gasteiger partial charge in [-0.1, -0.05) is 35.2 Å². The monoisotopic (exact) mass is 223 g/mol. The van der Waals surface area contributed by atoms with E-state index in [4.69, 9.17) is 0 Å². The van der Waals surface area contributed by atoms with Crippen LogP contribution in [0.1, 0.15) is 6.92 Å². The van der Waals surface area contributed by atoms with E-state index in [2.05, 4.69) is 34.5 Å². The molecule has 1 nitrogen and oxygen atoms in total. The summed E-state index contributed by atoms with van der Waals surface area (Å²) in [6, 6.07) is 0. The van der Waals surface area contributed by atoms with Gasteiger partial charge in [0.25, 0.3) is 0 Å². The Morgan fingerprint density at radius 3 is 2.88 bits per heavy atom. The van der Waals surface area contributed by atoms with E-state index < -0.39 is 0 Å². The van der Waals surface area contributed by atoms with Crippen LogP contribution in [0.4, 0.5) is 0 Å². The minimum absolute atomic E-state index is 0.952. The van der Waals surface area contributed by atoms with Crippen LogP contribution in [-0.2, 0) is 0 Å². The van der Waals surface area contributed by atoms with Gasteiger partial charge in [0.1, 0.15) is 0 Å². The smallest absolute Gasteiger partial charge is 0.0667 e. The summed E-state index contributed by atoms with van der Waals surface area (Å²) in [4.78, 5) is 0. The third kappa shape index (κ3) is 4.18. The lowest BCUT2D eigenvalue weighted by Crippen LogP contribution is -2.05. The Morgan fingerprint density at radius 1 is 1.88 bits per heavy atom. The van der Waals surface area contributed by atoms with Crippen LogP contribution < -0.4 is 5.32 Å². The number of nitrogens with one attached hydrogen (secondary N) is 1. The fourth-order valence-corrected chi connectivity index (χ4v) is 0.943. The van der Waals surface area contributed by atoms with E-state index in [0.29, 0.717) is 0 Å². The summed E-state index contributed by atoms with van der Waals surface area (Å²) in [7, 11) is 0. The van der Waals surface area contributed by atoms with Crippen LogP contribution in [0.3, 0.4) is 0 Å². The van der Waals surface area contributed by atoms with E-state index in [9.17, 15) is 0 Å². The van der Waals surface area contributed by atoms with Gasteiger partial charge in [-0.25, -0.2) is 0 Å². The number of alkyl halides is 1. The van der Waals surface area contributed by atoms with Gasteiger partial charge in [0.15, 0.2) is 0 Å². The summed E-state index contributed by atoms with van der Waals surface area (Å²) in [5.74, 6) is 0. The summed E-state index contributed by atoms with van der Waals surface area (Å²) >= 11 is 2.26. The van der Waals surface area contributed by atoms with Gasteiger partial charge in [0.05, 0.1) is 4.55 Å². The Morgan fingerprint density at radius 2 is 2.50 bits per heavy atom. The molecule has 0 atom stereocenters. The minimum Gasteiger partial charge on any atom is -0.380 e. The fourth-order valence-electron chi connectivity index (χ4n) is 0.341. The highest BCUT2D eigenvalue weighted by Crippen LogP contribution is 1.87. The lowest BCUT2D eigenvalue weighted by molar-refractivity contribution is 0.977. The molecular weight excluding hydrogens is 213 g/mol. The van der Waals surface area contributed by atoms with E-state index in [-0.39, 0.29) is 0 Å². The highest BCUT2D eigenvalue weighted by molar-refractivity contribution is 14.1. The maximum absolute atomic E-state index is 3.56. The average molecular weight is 223 g/mol. The van der Waals surface area contributed by atoms with Crippen LogP contribution in [-0.4, -0.2) is 4.55 Å². The number of halogens is 1. The van der Waals surface area contributed by atoms with Crippen molar-refractivity contribution < 1.29 is 0 Å². The Labute approximate surface area is 64.0 Å². The first-order valence-electron chi connectivity index (χ1n) is 2.40. The van der Waals surface area contributed by atoms with Crippen LogP contribution in [0.15, 0.2) is 24.4 Å². The van der Waals surface area contributed by atoms with Gasteiger partial charge in [0, 0.05) is 5.70 Å². The predicted octanol–water partition coefficient (Wildman–Crippen LogP) is 2.06. The van der Waals surface area contributed by atoms with Gasteiger partial charge in [-0.2, -0.15) is 0 Å². The van der Waals surface area contributed by atoms with E-state index in [1.54, 1.807) is 6.08 Å². The zero-order valence-corrected chi connectivity index (χ0v) is 7.10. The molecule has 0 amide bonds. The molecule has 0 aliphatic heterocycles. The van der Waals surface area contributed by atoms with E-state index in [1.807, 2.05) is 13.0 Å². The van der Waals surface area contributed by atoms with Gasteiger partial charge in [-0.05, 0) is 13.0 Å². The van der Waals surface area contributed by atoms with Crippen molar-refractivity contribution >= 4 is 22.6 Å². The number of hydrogen-bond acceptors (Lipinski definition) is 1. The van der Waals surface area contributed by atoms with Crippen LogP contribution in [0.2, 0.25) is 0 Å². The van der Waals surface area contributed by atoms with E-state index >= 15 is 0 Å². The van der Waals surface area contributed by atoms with E-state index in [1.165, 1.54) is 0 Å². The van der Waals surface area contributed by atoms with Crippen molar-refractivity contribution in [2.75, 3.05) is 4.55 Å². The Balaban J connectivity index is 3.44. The Kier molecular flexibility index (Phi) is 5.16. The third-order valence-corrected chi connectivity index (χ3v) is 1.09. The van der Waals surface area contributed by atoms with Gasteiger partial charge in [-0.15, -0.1) is 0 Å². The summed E-state index contributed by atoms with van der Waals surface area (Å²) in [5, 5.41) is 3.12. The molecule has 1 N–H and O–H groups in total. The summed E-state index contributed by atoms with van der Waals surface area (Å²) < 4.78 is 0.952. The molecule has 0 spiro atoms. The van der Waals surface area contributed by atoms with Crippen LogP contribution in [0, 0.1) is 0 Å². The van der Waals surface area contributed by atoms with Gasteiger partial charge in [0.2, 0.25) is 0 Å². The number of allylic oxidation sites excluding steroid dienone is 3. The average Bonchev–Trinajstić information content (AvgIpc) is 1.68. The van der Waals surface area contributed by atoms with Crippen molar-refractivity contribution in [1.82, 2.24) is 5.32 Å². The molecule has 0 aliphatic rings. The number of rotatable bonds is 3. The highest BCUT2D eigenvalue weighted by Gasteiger charge is 1.77. The van der Waals surface area contributed by atoms with Crippen LogP contribution in [0.25, 0.3) is 0 Å². The molecule has 0 saturated heterocycles. The Hall–Kier alpha value is 0.0100. The third-order valence-electron chi connectivity index (χ3n) is 0.714. The lowest BCUT2D eigenvalue weighted by atomic mass is 10.4. The first-order valence-corrected chi connectivity index (χ1v) is 3.93. The lowest BCUT2D eigenvalue weighted by Gasteiger charge is -1.97. The number of hydrogen-bond donors (Lipinski definition) is 1.